The Morgan fingerprint density at radius 2 is 1.15 bits per heavy atom. The maximum Gasteiger partial charge on any atom is 0.218 e. The zero-order valence-electron chi connectivity index (χ0n) is 39.4. The van der Waals surface area contributed by atoms with Gasteiger partial charge < -0.3 is 105 Å². The van der Waals surface area contributed by atoms with E-state index in [0.717, 1.165) is 38.5 Å². The fourth-order valence-corrected chi connectivity index (χ4v) is 10.0. The number of hydrogen-bond donors (Lipinski definition) is 15. The van der Waals surface area contributed by atoms with Crippen LogP contribution in [0.5, 0.6) is 0 Å². The monoisotopic (exact) mass is 985 g/mol. The summed E-state index contributed by atoms with van der Waals surface area (Å²) in [7, 11) is 0. The molecule has 15 N–H and O–H groups in total. The third-order valence-corrected chi connectivity index (χ3v) is 14.2. The van der Waals surface area contributed by atoms with Gasteiger partial charge in [0.1, 0.15) is 48.8 Å². The molecule has 0 aromatic rings. The van der Waals surface area contributed by atoms with E-state index < -0.39 is 148 Å². The molecule has 0 bridgehead atoms. The number of aliphatic hydroxyl groups is 15. The van der Waals surface area contributed by atoms with Crippen LogP contribution in [0.25, 0.3) is 0 Å². The first-order chi connectivity index (χ1) is 32.6. The highest BCUT2D eigenvalue weighted by molar-refractivity contribution is 5.10. The molecule has 0 amide bonds. The van der Waals surface area contributed by atoms with E-state index in [1.807, 2.05) is 0 Å². The zero-order chi connectivity index (χ0) is 49.8. The normalized spacial score (nSPS) is 30.6. The summed E-state index contributed by atoms with van der Waals surface area (Å²) in [4.78, 5) is 0. The van der Waals surface area contributed by atoms with Gasteiger partial charge in [-0.1, -0.05) is 103 Å². The molecule has 2 aliphatic carbocycles. The maximum atomic E-state index is 11.4. The molecule has 4 fully saturated rings. The first-order valence-corrected chi connectivity index (χ1v) is 24.9. The van der Waals surface area contributed by atoms with Gasteiger partial charge in [0.2, 0.25) is 12.6 Å². The van der Waals surface area contributed by atoms with Crippen LogP contribution in [-0.2, 0) is 28.4 Å². The van der Waals surface area contributed by atoms with Gasteiger partial charge in [0, 0.05) is 37.9 Å². The fraction of sp³-hybridized carbons (Fsp3) is 0.915. The molecule has 2 saturated heterocycles. The lowest BCUT2D eigenvalue weighted by Gasteiger charge is -2.45. The van der Waals surface area contributed by atoms with Crippen LogP contribution in [0.3, 0.4) is 0 Å². The van der Waals surface area contributed by atoms with Crippen LogP contribution in [-0.4, -0.2) is 196 Å². The smallest absolute Gasteiger partial charge is 0.218 e. The van der Waals surface area contributed by atoms with Crippen molar-refractivity contribution in [3.05, 3.63) is 23.0 Å². The van der Waals surface area contributed by atoms with Crippen LogP contribution in [0.15, 0.2) is 23.0 Å². The van der Waals surface area contributed by atoms with Gasteiger partial charge in [-0.05, 0) is 24.7 Å². The molecule has 0 spiro atoms. The maximum absolute atomic E-state index is 11.4. The van der Waals surface area contributed by atoms with Gasteiger partial charge in [-0.25, -0.2) is 0 Å². The third-order valence-electron chi connectivity index (χ3n) is 14.2. The Balaban J connectivity index is 1.55. The summed E-state index contributed by atoms with van der Waals surface area (Å²) in [5.74, 6) is -3.34. The molecule has 68 heavy (non-hydrogen) atoms. The molecule has 2 saturated carbocycles. The van der Waals surface area contributed by atoms with Crippen molar-refractivity contribution in [2.24, 2.45) is 17.3 Å². The van der Waals surface area contributed by atoms with Gasteiger partial charge in [0.15, 0.2) is 35.6 Å². The minimum Gasteiger partial charge on any atom is -0.506 e. The predicted molar refractivity (Wildman–Crippen MR) is 240 cm³/mol. The van der Waals surface area contributed by atoms with Crippen molar-refractivity contribution in [1.82, 2.24) is 0 Å². The Morgan fingerprint density at radius 1 is 0.588 bits per heavy atom. The predicted octanol–water partition coefficient (Wildman–Crippen LogP) is 1.74. The SMILES string of the molecule is OCC[C@@H](O)/C(O)=C(/O)[C@@H](O)O[C@H](CCO)/C(O)=C(/O)[C@@H](O)OCC(CCCCC1CCCCC1)(CCCCC1CCCCC1)CO[C@H]1CC(O)[C@H](O[C@H]2OC(CO)[C@@H](O)C(O)C2O)C(CO)O1. The fourth-order valence-electron chi connectivity index (χ4n) is 10.0. The van der Waals surface area contributed by atoms with Crippen LogP contribution in [0.2, 0.25) is 0 Å². The molecule has 21 heteroatoms. The Hall–Kier alpha value is -2.00. The Labute approximate surface area is 399 Å². The molecule has 0 aromatic carbocycles. The van der Waals surface area contributed by atoms with Crippen molar-refractivity contribution in [2.75, 3.05) is 39.6 Å². The largest absolute Gasteiger partial charge is 0.506 e. The van der Waals surface area contributed by atoms with E-state index in [1.165, 1.54) is 64.2 Å². The molecule has 13 atom stereocenters. The van der Waals surface area contributed by atoms with Crippen molar-refractivity contribution >= 4 is 0 Å². The van der Waals surface area contributed by atoms with Crippen molar-refractivity contribution in [3.63, 3.8) is 0 Å². The van der Waals surface area contributed by atoms with E-state index in [4.69, 9.17) is 33.5 Å². The molecule has 2 heterocycles. The lowest BCUT2D eigenvalue weighted by molar-refractivity contribution is -0.345. The first kappa shape index (κ1) is 58.6. The minimum atomic E-state index is -2.39. The molecular weight excluding hydrogens is 900 g/mol. The van der Waals surface area contributed by atoms with E-state index in [9.17, 15) is 71.5 Å². The number of rotatable bonds is 30. The van der Waals surface area contributed by atoms with Gasteiger partial charge in [0.05, 0.1) is 32.5 Å². The van der Waals surface area contributed by atoms with Crippen LogP contribution in [0.1, 0.15) is 135 Å². The van der Waals surface area contributed by atoms with E-state index in [1.54, 1.807) is 0 Å². The van der Waals surface area contributed by atoms with Gasteiger partial charge in [0.25, 0.3) is 0 Å². The Morgan fingerprint density at radius 3 is 1.69 bits per heavy atom. The third kappa shape index (κ3) is 17.6. The highest BCUT2D eigenvalue weighted by atomic mass is 16.7. The lowest BCUT2D eigenvalue weighted by atomic mass is 9.77. The molecule has 398 valence electrons. The van der Waals surface area contributed by atoms with Crippen molar-refractivity contribution in [3.8, 4) is 0 Å². The van der Waals surface area contributed by atoms with Crippen LogP contribution >= 0.6 is 0 Å². The van der Waals surface area contributed by atoms with Crippen LogP contribution in [0, 0.1) is 17.3 Å². The average Bonchev–Trinajstić information content (AvgIpc) is 3.35. The lowest BCUT2D eigenvalue weighted by Crippen LogP contribution is -2.62. The van der Waals surface area contributed by atoms with E-state index in [-0.39, 0.29) is 19.6 Å². The van der Waals surface area contributed by atoms with E-state index >= 15 is 0 Å². The summed E-state index contributed by atoms with van der Waals surface area (Å²) < 4.78 is 34.9. The van der Waals surface area contributed by atoms with E-state index in [0.29, 0.717) is 24.7 Å². The second-order valence-corrected chi connectivity index (χ2v) is 19.4. The van der Waals surface area contributed by atoms with Gasteiger partial charge in [-0.3, -0.25) is 0 Å². The topological polar surface area (TPSA) is 359 Å². The van der Waals surface area contributed by atoms with Crippen LogP contribution < -0.4 is 0 Å². The van der Waals surface area contributed by atoms with Crippen molar-refractivity contribution < 1.29 is 105 Å². The Kier molecular flexibility index (Phi) is 26.0. The number of unbranched alkanes of at least 4 members (excludes halogenated alkanes) is 2. The average molecular weight is 985 g/mol. The molecule has 21 nitrogen and oxygen atoms in total. The molecular formula is C47H84O21. The summed E-state index contributed by atoms with van der Waals surface area (Å²) in [5, 5.41) is 155. The summed E-state index contributed by atoms with van der Waals surface area (Å²) in [6.45, 7) is -2.89. The molecule has 4 rings (SSSR count). The second-order valence-electron chi connectivity index (χ2n) is 19.4. The molecule has 0 radical (unpaired) electrons. The molecule has 5 unspecified atom stereocenters. The molecule has 4 aliphatic rings. The summed E-state index contributed by atoms with van der Waals surface area (Å²) in [5.41, 5.74) is -0.858. The summed E-state index contributed by atoms with van der Waals surface area (Å²) >= 11 is 0. The number of aliphatic hydroxyl groups excluding tert-OH is 15. The second kappa shape index (κ2) is 30.1. The van der Waals surface area contributed by atoms with Crippen LogP contribution in [0.4, 0.5) is 0 Å². The number of ether oxygens (including phenoxy) is 6. The Bertz CT molecular complexity index is 1430. The van der Waals surface area contributed by atoms with Gasteiger partial charge >= 0.3 is 0 Å². The van der Waals surface area contributed by atoms with Gasteiger partial charge in [-0.15, -0.1) is 0 Å². The van der Waals surface area contributed by atoms with Crippen molar-refractivity contribution in [1.29, 1.82) is 0 Å². The van der Waals surface area contributed by atoms with E-state index in [2.05, 4.69) is 0 Å². The summed E-state index contributed by atoms with van der Waals surface area (Å²) in [6, 6.07) is 0. The highest BCUT2D eigenvalue weighted by Crippen LogP contribution is 2.38. The highest BCUT2D eigenvalue weighted by Gasteiger charge is 2.48. The quantitative estimate of drug-likeness (QED) is 0.0277. The van der Waals surface area contributed by atoms with Crippen molar-refractivity contribution in [2.45, 2.75) is 215 Å². The van der Waals surface area contributed by atoms with Gasteiger partial charge in [-0.2, -0.15) is 0 Å². The minimum absolute atomic E-state index is 0.0452. The molecule has 2 aliphatic heterocycles. The molecule has 0 aromatic heterocycles. The first-order valence-electron chi connectivity index (χ1n) is 24.9. The number of hydrogen-bond acceptors (Lipinski definition) is 21. The standard InChI is InChI=1S/C47H84O21/c48-21-17-30(52)36(54)40(58)45(62)66-32(18-22-49)37(55)41(59)44(61)64-27-47(19-9-7-15-28-11-3-1-4-12-28,20-10-8-16-29-13-5-2-6-14-29)26-63-35-23-31(53)43(34(25-51)65-35)68-46-42(60)39(57)38(56)33(24-50)67-46/h28-35,38-39,42-46,48-62H,1-27H2/b40-36-,41-37-/t30-,31?,32-,33?,34?,35-,38-,39?,42?,43+,44+,45+,46-/m1/s1. The summed E-state index contributed by atoms with van der Waals surface area (Å²) in [6.07, 6.45) is -3.76. The zero-order valence-corrected chi connectivity index (χ0v) is 39.4.